The minimum absolute atomic E-state index is 0.00167. The lowest BCUT2D eigenvalue weighted by atomic mass is 9.75. The first-order valence-corrected chi connectivity index (χ1v) is 12.1. The first kappa shape index (κ1) is 19.8. The van der Waals surface area contributed by atoms with Gasteiger partial charge >= 0.3 is 0 Å². The highest BCUT2D eigenvalue weighted by atomic mass is 16.2. The van der Waals surface area contributed by atoms with Gasteiger partial charge < -0.3 is 10.6 Å². The third-order valence-electron chi connectivity index (χ3n) is 8.82. The van der Waals surface area contributed by atoms with Crippen LogP contribution in [0.4, 0.5) is 0 Å². The maximum Gasteiger partial charge on any atom is 0.234 e. The molecular weight excluding hydrogens is 362 g/mol. The Hall–Kier alpha value is -1.10. The summed E-state index contributed by atoms with van der Waals surface area (Å²) in [5.74, 6) is 3.43. The Morgan fingerprint density at radius 2 is 1.59 bits per heavy atom. The van der Waals surface area contributed by atoms with Crippen molar-refractivity contribution in [1.82, 2.24) is 15.5 Å². The van der Waals surface area contributed by atoms with Gasteiger partial charge in [0.2, 0.25) is 11.8 Å². The molecule has 0 spiro atoms. The molecule has 2 unspecified atom stereocenters. The normalized spacial score (nSPS) is 43.0. The number of hydrogen-bond acceptors (Lipinski definition) is 3. The molecular formula is C24H39N3O2. The molecule has 4 aliphatic carbocycles. The maximum atomic E-state index is 13.2. The van der Waals surface area contributed by atoms with Gasteiger partial charge in [0.25, 0.3) is 0 Å². The second-order valence-corrected chi connectivity index (χ2v) is 12.1. The predicted octanol–water partition coefficient (Wildman–Crippen LogP) is 3.09. The van der Waals surface area contributed by atoms with Gasteiger partial charge in [-0.1, -0.05) is 0 Å². The predicted molar refractivity (Wildman–Crippen MR) is 113 cm³/mol. The second kappa shape index (κ2) is 6.96. The average Bonchev–Trinajstić information content (AvgIpc) is 3.11. The molecule has 2 N–H and O–H groups in total. The van der Waals surface area contributed by atoms with E-state index in [9.17, 15) is 9.59 Å². The molecule has 2 amide bonds. The maximum absolute atomic E-state index is 13.2. The molecule has 5 atom stereocenters. The van der Waals surface area contributed by atoms with Crippen molar-refractivity contribution in [3.05, 3.63) is 0 Å². The van der Waals surface area contributed by atoms with E-state index in [4.69, 9.17) is 0 Å². The van der Waals surface area contributed by atoms with E-state index < -0.39 is 0 Å². The third kappa shape index (κ3) is 3.62. The van der Waals surface area contributed by atoms with Gasteiger partial charge in [-0.25, -0.2) is 0 Å². The molecule has 5 heteroatoms. The molecule has 6 fully saturated rings. The molecule has 6 rings (SSSR count). The Bertz CT molecular complexity index is 656. The molecule has 0 aromatic carbocycles. The molecule has 0 aromatic rings. The number of piperidine rings is 1. The summed E-state index contributed by atoms with van der Waals surface area (Å²) < 4.78 is 0. The number of amides is 2. The number of nitrogens with zero attached hydrogens (tertiary/aromatic N) is 1. The molecule has 0 aromatic heterocycles. The van der Waals surface area contributed by atoms with Gasteiger partial charge in [-0.05, 0) is 102 Å². The first-order chi connectivity index (χ1) is 13.7. The van der Waals surface area contributed by atoms with E-state index in [-0.39, 0.29) is 16.9 Å². The molecule has 6 bridgehead atoms. The summed E-state index contributed by atoms with van der Waals surface area (Å²) in [6, 6.07) is 1.02. The van der Waals surface area contributed by atoms with E-state index in [2.05, 4.69) is 15.5 Å². The Morgan fingerprint density at radius 1 is 0.966 bits per heavy atom. The fourth-order valence-corrected chi connectivity index (χ4v) is 8.02. The monoisotopic (exact) mass is 401 g/mol. The van der Waals surface area contributed by atoms with Crippen LogP contribution in [-0.2, 0) is 9.59 Å². The lowest BCUT2D eigenvalue weighted by Crippen LogP contribution is -2.52. The van der Waals surface area contributed by atoms with Crippen LogP contribution in [0.15, 0.2) is 0 Å². The summed E-state index contributed by atoms with van der Waals surface area (Å²) >= 11 is 0. The van der Waals surface area contributed by atoms with E-state index in [1.54, 1.807) is 0 Å². The van der Waals surface area contributed by atoms with E-state index in [1.807, 2.05) is 20.8 Å². The zero-order chi connectivity index (χ0) is 20.4. The smallest absolute Gasteiger partial charge is 0.234 e. The van der Waals surface area contributed by atoms with Crippen molar-refractivity contribution in [2.24, 2.45) is 29.1 Å². The van der Waals surface area contributed by atoms with Crippen molar-refractivity contribution in [1.29, 1.82) is 0 Å². The third-order valence-corrected chi connectivity index (χ3v) is 8.82. The van der Waals surface area contributed by atoms with E-state index in [0.29, 0.717) is 36.4 Å². The van der Waals surface area contributed by atoms with E-state index >= 15 is 0 Å². The van der Waals surface area contributed by atoms with Crippen LogP contribution in [0.25, 0.3) is 0 Å². The minimum Gasteiger partial charge on any atom is -0.355 e. The number of rotatable bonds is 5. The summed E-state index contributed by atoms with van der Waals surface area (Å²) in [5, 5.41) is 6.52. The minimum atomic E-state index is -0.170. The van der Waals surface area contributed by atoms with Gasteiger partial charge in [0.1, 0.15) is 0 Å². The molecule has 2 saturated heterocycles. The summed E-state index contributed by atoms with van der Waals surface area (Å²) in [4.78, 5) is 28.1. The lowest BCUT2D eigenvalue weighted by molar-refractivity contribution is -0.133. The van der Waals surface area contributed by atoms with Crippen LogP contribution in [0.1, 0.15) is 78.6 Å². The highest BCUT2D eigenvalue weighted by molar-refractivity contribution is 5.84. The molecule has 4 saturated carbocycles. The van der Waals surface area contributed by atoms with E-state index in [0.717, 1.165) is 44.1 Å². The average molecular weight is 402 g/mol. The van der Waals surface area contributed by atoms with Crippen molar-refractivity contribution in [3.63, 3.8) is 0 Å². The van der Waals surface area contributed by atoms with Gasteiger partial charge in [-0.3, -0.25) is 14.5 Å². The fourth-order valence-electron chi connectivity index (χ4n) is 8.02. The van der Waals surface area contributed by atoms with Crippen LogP contribution in [0.5, 0.6) is 0 Å². The fraction of sp³-hybridized carbons (Fsp3) is 0.917. The summed E-state index contributed by atoms with van der Waals surface area (Å²) in [7, 11) is 0. The Labute approximate surface area is 175 Å². The van der Waals surface area contributed by atoms with Crippen molar-refractivity contribution < 1.29 is 9.59 Å². The summed E-state index contributed by atoms with van der Waals surface area (Å²) in [6.07, 6.45) is 11.0. The Balaban J connectivity index is 1.13. The highest BCUT2D eigenvalue weighted by Gasteiger charge is 2.61. The highest BCUT2D eigenvalue weighted by Crippen LogP contribution is 2.65. The molecule has 2 aliphatic heterocycles. The van der Waals surface area contributed by atoms with Gasteiger partial charge in [0, 0.05) is 24.2 Å². The van der Waals surface area contributed by atoms with Crippen LogP contribution in [0.2, 0.25) is 0 Å². The number of hydrogen-bond donors (Lipinski definition) is 2. The molecule has 0 radical (unpaired) electrons. The molecule has 29 heavy (non-hydrogen) atoms. The van der Waals surface area contributed by atoms with Gasteiger partial charge in [0.15, 0.2) is 0 Å². The summed E-state index contributed by atoms with van der Waals surface area (Å²) in [6.45, 7) is 7.49. The molecule has 5 nitrogen and oxygen atoms in total. The molecule has 162 valence electrons. The van der Waals surface area contributed by atoms with Crippen LogP contribution in [0.3, 0.4) is 0 Å². The Kier molecular flexibility index (Phi) is 4.76. The SMILES string of the molecule is CC(C)(C)NC(=O)CN1[C@@H]2CC[C@H]1C[C@H](CNC(=O)C13CC4CC(CC1C4)C3)C2. The van der Waals surface area contributed by atoms with Crippen LogP contribution >= 0.6 is 0 Å². The van der Waals surface area contributed by atoms with E-state index in [1.165, 1.54) is 32.1 Å². The number of carbonyl (C=O) groups is 2. The first-order valence-electron chi connectivity index (χ1n) is 12.1. The topological polar surface area (TPSA) is 61.4 Å². The zero-order valence-electron chi connectivity index (χ0n) is 18.5. The van der Waals surface area contributed by atoms with Crippen molar-refractivity contribution in [2.75, 3.05) is 13.1 Å². The quantitative estimate of drug-likeness (QED) is 0.744. The lowest BCUT2D eigenvalue weighted by Gasteiger charge is -2.39. The van der Waals surface area contributed by atoms with Gasteiger partial charge in [0.05, 0.1) is 12.0 Å². The summed E-state index contributed by atoms with van der Waals surface area (Å²) in [5.41, 5.74) is -0.171. The van der Waals surface area contributed by atoms with Crippen molar-refractivity contribution >= 4 is 11.8 Å². The Morgan fingerprint density at radius 3 is 2.17 bits per heavy atom. The molecule has 2 heterocycles. The molecule has 6 aliphatic rings. The number of fused-ring (bicyclic) bond motifs is 2. The van der Waals surface area contributed by atoms with Crippen LogP contribution < -0.4 is 10.6 Å². The largest absolute Gasteiger partial charge is 0.355 e. The zero-order valence-corrected chi connectivity index (χ0v) is 18.5. The van der Waals surface area contributed by atoms with Crippen LogP contribution in [-0.4, -0.2) is 47.4 Å². The van der Waals surface area contributed by atoms with Gasteiger partial charge in [-0.2, -0.15) is 0 Å². The van der Waals surface area contributed by atoms with Crippen molar-refractivity contribution in [2.45, 2.75) is 96.2 Å². The number of nitrogens with one attached hydrogen (secondary N) is 2. The second-order valence-electron chi connectivity index (χ2n) is 12.1. The van der Waals surface area contributed by atoms with Crippen LogP contribution in [0, 0.1) is 29.1 Å². The number of carbonyl (C=O) groups excluding carboxylic acids is 2. The van der Waals surface area contributed by atoms with Crippen molar-refractivity contribution in [3.8, 4) is 0 Å². The van der Waals surface area contributed by atoms with Gasteiger partial charge in [-0.15, -0.1) is 0 Å². The standard InChI is InChI=1S/C24H39N3O2/c1-23(2,3)26-21(28)14-27-19-4-5-20(27)10-17(9-19)13-25-22(29)24-11-15-6-16(12-24)8-18(24)7-15/h15-20H,4-14H2,1-3H3,(H,25,29)(H,26,28)/t15?,16?,17-,18?,19-,20+,24?.